The Morgan fingerprint density at radius 1 is 1.36 bits per heavy atom. The summed E-state index contributed by atoms with van der Waals surface area (Å²) >= 11 is 0. The quantitative estimate of drug-likeness (QED) is 0.826. The molecule has 0 saturated carbocycles. The molecule has 0 unspecified atom stereocenters. The second-order valence-corrected chi connectivity index (χ2v) is 8.12. The van der Waals surface area contributed by atoms with Crippen molar-refractivity contribution in [3.8, 4) is 11.5 Å². The van der Waals surface area contributed by atoms with Crippen LogP contribution in [0.15, 0.2) is 17.2 Å². The lowest BCUT2D eigenvalue weighted by atomic mass is 9.56. The molecular formula is C21H26O4. The van der Waals surface area contributed by atoms with Gasteiger partial charge in [0.2, 0.25) is 0 Å². The van der Waals surface area contributed by atoms with Crippen molar-refractivity contribution in [3.63, 3.8) is 0 Å². The molecule has 4 nitrogen and oxygen atoms in total. The van der Waals surface area contributed by atoms with E-state index in [1.807, 2.05) is 6.07 Å². The first kappa shape index (κ1) is 16.5. The van der Waals surface area contributed by atoms with Gasteiger partial charge >= 0.3 is 5.97 Å². The summed E-state index contributed by atoms with van der Waals surface area (Å²) in [6.45, 7) is 6.90. The van der Waals surface area contributed by atoms with E-state index in [2.05, 4.69) is 20.8 Å². The highest BCUT2D eigenvalue weighted by molar-refractivity contribution is 5.92. The summed E-state index contributed by atoms with van der Waals surface area (Å²) < 4.78 is 11.1. The van der Waals surface area contributed by atoms with E-state index in [0.29, 0.717) is 12.4 Å². The zero-order chi connectivity index (χ0) is 17.9. The number of carbonyl (C=O) groups excluding carboxylic acids is 1. The van der Waals surface area contributed by atoms with Crippen LogP contribution < -0.4 is 4.74 Å². The molecule has 1 aromatic rings. The van der Waals surface area contributed by atoms with Gasteiger partial charge in [0.25, 0.3) is 0 Å². The van der Waals surface area contributed by atoms with Crippen LogP contribution in [0.3, 0.4) is 0 Å². The number of carbonyl (C=O) groups is 1. The minimum atomic E-state index is -0.173. The monoisotopic (exact) mass is 342 g/mol. The van der Waals surface area contributed by atoms with E-state index in [1.54, 1.807) is 7.11 Å². The molecule has 134 valence electrons. The third-order valence-electron chi connectivity index (χ3n) is 6.54. The van der Waals surface area contributed by atoms with E-state index in [0.717, 1.165) is 59.3 Å². The number of methoxy groups -OCH3 is 1. The van der Waals surface area contributed by atoms with E-state index in [-0.39, 0.29) is 23.2 Å². The van der Waals surface area contributed by atoms with Gasteiger partial charge in [0.1, 0.15) is 18.1 Å². The molecule has 0 radical (unpaired) electrons. The molecule has 1 N–H and O–H groups in total. The van der Waals surface area contributed by atoms with Crippen molar-refractivity contribution >= 4 is 5.97 Å². The van der Waals surface area contributed by atoms with Crippen molar-refractivity contribution in [2.75, 3.05) is 13.7 Å². The molecule has 0 aromatic heterocycles. The van der Waals surface area contributed by atoms with Gasteiger partial charge < -0.3 is 14.6 Å². The van der Waals surface area contributed by atoms with Crippen LogP contribution in [0.2, 0.25) is 0 Å². The highest BCUT2D eigenvalue weighted by Gasteiger charge is 2.50. The highest BCUT2D eigenvalue weighted by Crippen LogP contribution is 2.57. The first-order chi connectivity index (χ1) is 11.9. The Hall–Kier alpha value is -1.97. The van der Waals surface area contributed by atoms with E-state index in [4.69, 9.17) is 9.47 Å². The zero-order valence-electron chi connectivity index (χ0n) is 15.4. The molecule has 0 fully saturated rings. The van der Waals surface area contributed by atoms with Gasteiger partial charge in [-0.05, 0) is 49.2 Å². The summed E-state index contributed by atoms with van der Waals surface area (Å²) in [5, 5.41) is 10.9. The van der Waals surface area contributed by atoms with Gasteiger partial charge in [0.15, 0.2) is 0 Å². The van der Waals surface area contributed by atoms with Crippen molar-refractivity contribution in [2.24, 2.45) is 5.92 Å². The Morgan fingerprint density at radius 2 is 2.12 bits per heavy atom. The van der Waals surface area contributed by atoms with Crippen LogP contribution in [0, 0.1) is 5.92 Å². The van der Waals surface area contributed by atoms with Gasteiger partial charge in [0.05, 0.1) is 7.11 Å². The number of phenols is 1. The maximum atomic E-state index is 12.0. The maximum Gasteiger partial charge on any atom is 0.334 e. The SMILES string of the molecule is COc1c(C(C)C)cc(O)c2c1CC[C@H]1C3=C(CC[C@]21C)C(=O)OC3. The molecule has 0 bridgehead atoms. The van der Waals surface area contributed by atoms with E-state index >= 15 is 0 Å². The number of fused-ring (bicyclic) bond motifs is 4. The molecule has 0 saturated heterocycles. The van der Waals surface area contributed by atoms with Gasteiger partial charge in [-0.3, -0.25) is 0 Å². The molecular weight excluding hydrogens is 316 g/mol. The van der Waals surface area contributed by atoms with Crippen LogP contribution in [0.25, 0.3) is 0 Å². The molecule has 0 amide bonds. The third-order valence-corrected chi connectivity index (χ3v) is 6.54. The summed E-state index contributed by atoms with van der Waals surface area (Å²) in [6.07, 6.45) is 3.42. The molecule has 3 aliphatic rings. The van der Waals surface area contributed by atoms with Gasteiger partial charge in [-0.1, -0.05) is 20.8 Å². The third kappa shape index (κ3) is 2.16. The van der Waals surface area contributed by atoms with Crippen LogP contribution in [0.4, 0.5) is 0 Å². The van der Waals surface area contributed by atoms with Crippen LogP contribution >= 0.6 is 0 Å². The number of benzene rings is 1. The Balaban J connectivity index is 1.90. The van der Waals surface area contributed by atoms with Crippen LogP contribution in [0.5, 0.6) is 11.5 Å². The number of phenolic OH excluding ortho intramolecular Hbond substituents is 1. The second-order valence-electron chi connectivity index (χ2n) is 8.12. The molecule has 1 heterocycles. The van der Waals surface area contributed by atoms with Gasteiger partial charge in [-0.15, -0.1) is 0 Å². The molecule has 1 aromatic carbocycles. The van der Waals surface area contributed by atoms with E-state index in [1.165, 1.54) is 0 Å². The molecule has 1 aliphatic heterocycles. The Bertz CT molecular complexity index is 790. The Kier molecular flexibility index (Phi) is 3.64. The zero-order valence-corrected chi connectivity index (χ0v) is 15.4. The largest absolute Gasteiger partial charge is 0.508 e. The first-order valence-corrected chi connectivity index (χ1v) is 9.20. The predicted molar refractivity (Wildman–Crippen MR) is 95.1 cm³/mol. The molecule has 25 heavy (non-hydrogen) atoms. The van der Waals surface area contributed by atoms with Gasteiger partial charge in [0, 0.05) is 27.7 Å². The minimum Gasteiger partial charge on any atom is -0.508 e. The molecule has 2 aliphatic carbocycles. The number of esters is 1. The van der Waals surface area contributed by atoms with Crippen molar-refractivity contribution in [1.29, 1.82) is 0 Å². The predicted octanol–water partition coefficient (Wildman–Crippen LogP) is 3.99. The second kappa shape index (κ2) is 5.52. The molecule has 2 atom stereocenters. The van der Waals surface area contributed by atoms with E-state index in [9.17, 15) is 9.90 Å². The smallest absolute Gasteiger partial charge is 0.334 e. The maximum absolute atomic E-state index is 12.0. The van der Waals surface area contributed by atoms with Gasteiger partial charge in [-0.2, -0.15) is 0 Å². The number of ether oxygens (including phenoxy) is 2. The Labute approximate surface area is 148 Å². The number of cyclic esters (lactones) is 1. The fraction of sp³-hybridized carbons (Fsp3) is 0.571. The van der Waals surface area contributed by atoms with Crippen molar-refractivity contribution in [1.82, 2.24) is 0 Å². The van der Waals surface area contributed by atoms with E-state index < -0.39 is 0 Å². The lowest BCUT2D eigenvalue weighted by molar-refractivity contribution is -0.136. The average Bonchev–Trinajstić information content (AvgIpc) is 2.94. The van der Waals surface area contributed by atoms with Crippen LogP contribution in [-0.4, -0.2) is 24.8 Å². The number of aromatic hydroxyl groups is 1. The van der Waals surface area contributed by atoms with Crippen molar-refractivity contribution in [2.45, 2.75) is 57.8 Å². The fourth-order valence-electron chi connectivity index (χ4n) is 5.32. The fourth-order valence-corrected chi connectivity index (χ4v) is 5.32. The standard InChI is InChI=1S/C21H26O4/c1-11(2)14-9-17(22)18-13(19(14)24-4)5-6-16-15-10-25-20(23)12(15)7-8-21(16,18)3/h9,11,16,22H,5-8,10H2,1-4H3/t16-,21-/m0/s1. The summed E-state index contributed by atoms with van der Waals surface area (Å²) in [7, 11) is 1.72. The average molecular weight is 342 g/mol. The summed E-state index contributed by atoms with van der Waals surface area (Å²) in [6, 6.07) is 1.89. The molecule has 4 heteroatoms. The summed E-state index contributed by atoms with van der Waals surface area (Å²) in [5.74, 6) is 1.72. The van der Waals surface area contributed by atoms with Crippen LogP contribution in [-0.2, 0) is 21.4 Å². The van der Waals surface area contributed by atoms with Gasteiger partial charge in [-0.25, -0.2) is 4.79 Å². The van der Waals surface area contributed by atoms with Crippen molar-refractivity contribution in [3.05, 3.63) is 33.9 Å². The summed E-state index contributed by atoms with van der Waals surface area (Å²) in [4.78, 5) is 12.0. The minimum absolute atomic E-state index is 0.139. The highest BCUT2D eigenvalue weighted by atomic mass is 16.5. The Morgan fingerprint density at radius 3 is 2.80 bits per heavy atom. The van der Waals surface area contributed by atoms with Crippen LogP contribution in [0.1, 0.15) is 62.6 Å². The number of rotatable bonds is 2. The lowest BCUT2D eigenvalue weighted by Gasteiger charge is -2.47. The first-order valence-electron chi connectivity index (χ1n) is 9.20. The summed E-state index contributed by atoms with van der Waals surface area (Å²) in [5.41, 5.74) is 5.12. The number of hydrogen-bond donors (Lipinski definition) is 1. The lowest BCUT2D eigenvalue weighted by Crippen LogP contribution is -2.41. The topological polar surface area (TPSA) is 55.8 Å². The van der Waals surface area contributed by atoms with Crippen molar-refractivity contribution < 1.29 is 19.4 Å². The number of hydrogen-bond acceptors (Lipinski definition) is 4. The molecule has 0 spiro atoms. The molecule has 4 rings (SSSR count). The normalized spacial score (nSPS) is 27.7.